The highest BCUT2D eigenvalue weighted by Crippen LogP contribution is 2.42. The van der Waals surface area contributed by atoms with Crippen LogP contribution in [-0.2, 0) is 10.3 Å². The lowest BCUT2D eigenvalue weighted by molar-refractivity contribution is -0.00159. The lowest BCUT2D eigenvalue weighted by Gasteiger charge is -2.36. The molecule has 184 valence electrons. The molecule has 0 unspecified atom stereocenters. The summed E-state index contributed by atoms with van der Waals surface area (Å²) < 4.78 is 9.03. The molecule has 5 aromatic rings. The summed E-state index contributed by atoms with van der Waals surface area (Å²) in [5, 5.41) is 0.265. The minimum atomic E-state index is -0.743. The second kappa shape index (κ2) is 9.81. The van der Waals surface area contributed by atoms with E-state index in [1.165, 1.54) is 0 Å². The quantitative estimate of drug-likeness (QED) is 0.161. The summed E-state index contributed by atoms with van der Waals surface area (Å²) in [6, 6.07) is 31.4. The van der Waals surface area contributed by atoms with E-state index in [2.05, 4.69) is 99.9 Å². The van der Waals surface area contributed by atoms with E-state index in [1.54, 1.807) is 6.33 Å². The Bertz CT molecular complexity index is 1440. The van der Waals surface area contributed by atoms with Crippen LogP contribution in [0.4, 0.5) is 5.95 Å². The molecule has 0 amide bonds. The second-order valence-electron chi connectivity index (χ2n) is 9.23. The van der Waals surface area contributed by atoms with Crippen LogP contribution in [0.15, 0.2) is 109 Å². The molecular weight excluding hydrogens is 482 g/mol. The first-order chi connectivity index (χ1) is 18.1. The van der Waals surface area contributed by atoms with Gasteiger partial charge in [-0.1, -0.05) is 115 Å². The molecular formula is C30H26ClN5O. The molecule has 0 saturated heterocycles. The predicted molar refractivity (Wildman–Crippen MR) is 146 cm³/mol. The van der Waals surface area contributed by atoms with Crippen LogP contribution in [0, 0.1) is 5.92 Å². The third-order valence-corrected chi connectivity index (χ3v) is 7.22. The topological polar surface area (TPSA) is 78.8 Å². The lowest BCUT2D eigenvalue weighted by atomic mass is 9.80. The number of fused-ring (bicyclic) bond motifs is 1. The highest BCUT2D eigenvalue weighted by molar-refractivity contribution is 6.33. The number of benzene rings is 3. The van der Waals surface area contributed by atoms with Crippen molar-refractivity contribution in [2.24, 2.45) is 5.92 Å². The van der Waals surface area contributed by atoms with Gasteiger partial charge in [-0.25, -0.2) is 4.98 Å². The Morgan fingerprint density at radius 1 is 0.838 bits per heavy atom. The predicted octanol–water partition coefficient (Wildman–Crippen LogP) is 6.19. The SMILES string of the molecule is Nc1nc(Cl)c2ncn([C@H]3C=C[C@@H](COC(c4ccccc4)(c4ccccc4)c4ccccc4)C3)c2n1. The highest BCUT2D eigenvalue weighted by atomic mass is 35.5. The summed E-state index contributed by atoms with van der Waals surface area (Å²) in [5.74, 6) is 0.340. The van der Waals surface area contributed by atoms with E-state index >= 15 is 0 Å². The zero-order chi connectivity index (χ0) is 25.2. The first-order valence-corrected chi connectivity index (χ1v) is 12.7. The second-order valence-corrected chi connectivity index (χ2v) is 9.59. The van der Waals surface area contributed by atoms with Gasteiger partial charge in [-0.2, -0.15) is 9.97 Å². The Morgan fingerprint density at radius 2 is 1.41 bits per heavy atom. The summed E-state index contributed by atoms with van der Waals surface area (Å²) in [7, 11) is 0. The molecule has 7 heteroatoms. The van der Waals surface area contributed by atoms with Crippen molar-refractivity contribution in [3.05, 3.63) is 131 Å². The molecule has 2 aromatic heterocycles. The molecule has 37 heavy (non-hydrogen) atoms. The fraction of sp³-hybridized carbons (Fsp3) is 0.167. The van der Waals surface area contributed by atoms with Crippen molar-refractivity contribution >= 4 is 28.7 Å². The van der Waals surface area contributed by atoms with Gasteiger partial charge >= 0.3 is 0 Å². The van der Waals surface area contributed by atoms with Crippen LogP contribution in [0.1, 0.15) is 29.2 Å². The number of imidazole rings is 1. The number of nitrogens with zero attached hydrogens (tertiary/aromatic N) is 4. The number of nitrogen functional groups attached to an aromatic ring is 1. The zero-order valence-corrected chi connectivity index (χ0v) is 20.9. The fourth-order valence-corrected chi connectivity index (χ4v) is 5.44. The molecule has 0 fully saturated rings. The smallest absolute Gasteiger partial charge is 0.223 e. The van der Waals surface area contributed by atoms with Gasteiger partial charge in [0.25, 0.3) is 0 Å². The molecule has 0 radical (unpaired) electrons. The molecule has 0 bridgehead atoms. The van der Waals surface area contributed by atoms with Crippen LogP contribution >= 0.6 is 11.6 Å². The van der Waals surface area contributed by atoms with E-state index in [0.29, 0.717) is 17.8 Å². The van der Waals surface area contributed by atoms with Gasteiger partial charge in [-0.15, -0.1) is 0 Å². The van der Waals surface area contributed by atoms with Gasteiger partial charge in [0, 0.05) is 5.92 Å². The number of nitrogens with two attached hydrogens (primary N) is 1. The van der Waals surface area contributed by atoms with Gasteiger partial charge < -0.3 is 15.0 Å². The standard InChI is InChI=1S/C30H26ClN5O/c31-27-26-28(35-29(32)34-27)36(20-33-26)25-17-16-21(18-25)19-37-30(22-10-4-1-5-11-22,23-12-6-2-7-13-23)24-14-8-3-9-15-24/h1-17,20-21,25H,18-19H2,(H2,32,34,35)/t21-,25+/m1/s1. The van der Waals surface area contributed by atoms with Gasteiger partial charge in [0.15, 0.2) is 10.8 Å². The zero-order valence-electron chi connectivity index (χ0n) is 20.1. The van der Waals surface area contributed by atoms with Crippen LogP contribution < -0.4 is 5.73 Å². The third-order valence-electron chi connectivity index (χ3n) is 6.96. The summed E-state index contributed by atoms with van der Waals surface area (Å²) in [5.41, 5.74) is 9.58. The molecule has 6 nitrogen and oxygen atoms in total. The molecule has 2 heterocycles. The average Bonchev–Trinajstić information content (AvgIpc) is 3.58. The number of allylic oxidation sites excluding steroid dienone is 1. The molecule has 1 aliphatic carbocycles. The minimum Gasteiger partial charge on any atom is -0.368 e. The summed E-state index contributed by atoms with van der Waals surface area (Å²) in [4.78, 5) is 12.8. The Hall–Kier alpha value is -4.00. The monoisotopic (exact) mass is 507 g/mol. The maximum Gasteiger partial charge on any atom is 0.223 e. The van der Waals surface area contributed by atoms with E-state index < -0.39 is 5.60 Å². The molecule has 1 aliphatic rings. The normalized spacial score (nSPS) is 17.4. The van der Waals surface area contributed by atoms with Crippen LogP contribution in [0.3, 0.4) is 0 Å². The fourth-order valence-electron chi connectivity index (χ4n) is 5.22. The number of hydrogen-bond acceptors (Lipinski definition) is 5. The lowest BCUT2D eigenvalue weighted by Crippen LogP contribution is -2.34. The van der Waals surface area contributed by atoms with Crippen LogP contribution in [-0.4, -0.2) is 26.1 Å². The number of hydrogen-bond donors (Lipinski definition) is 1. The van der Waals surface area contributed by atoms with Crippen molar-refractivity contribution in [3.63, 3.8) is 0 Å². The van der Waals surface area contributed by atoms with Gasteiger partial charge in [0.1, 0.15) is 11.1 Å². The summed E-state index contributed by atoms with van der Waals surface area (Å²) >= 11 is 6.24. The van der Waals surface area contributed by atoms with Crippen molar-refractivity contribution in [2.75, 3.05) is 12.3 Å². The number of anilines is 1. The van der Waals surface area contributed by atoms with Gasteiger partial charge in [0.05, 0.1) is 19.0 Å². The Morgan fingerprint density at radius 3 is 1.97 bits per heavy atom. The first-order valence-electron chi connectivity index (χ1n) is 12.3. The number of aromatic nitrogens is 4. The number of halogens is 1. The van der Waals surface area contributed by atoms with Gasteiger partial charge in [0.2, 0.25) is 5.95 Å². The van der Waals surface area contributed by atoms with Gasteiger partial charge in [-0.3, -0.25) is 0 Å². The molecule has 0 aliphatic heterocycles. The van der Waals surface area contributed by atoms with Crippen molar-refractivity contribution in [2.45, 2.75) is 18.1 Å². The van der Waals surface area contributed by atoms with Crippen molar-refractivity contribution in [1.82, 2.24) is 19.5 Å². The van der Waals surface area contributed by atoms with E-state index in [4.69, 9.17) is 22.1 Å². The van der Waals surface area contributed by atoms with Crippen LogP contribution in [0.2, 0.25) is 5.15 Å². The number of rotatable bonds is 7. The van der Waals surface area contributed by atoms with Crippen molar-refractivity contribution in [1.29, 1.82) is 0 Å². The third kappa shape index (κ3) is 4.28. The van der Waals surface area contributed by atoms with Crippen molar-refractivity contribution in [3.8, 4) is 0 Å². The average molecular weight is 508 g/mol. The minimum absolute atomic E-state index is 0.0727. The molecule has 3 aromatic carbocycles. The molecule has 0 spiro atoms. The molecule has 0 saturated carbocycles. The maximum atomic E-state index is 7.02. The summed E-state index contributed by atoms with van der Waals surface area (Å²) in [6.45, 7) is 0.538. The maximum absolute atomic E-state index is 7.02. The van der Waals surface area contributed by atoms with Crippen LogP contribution in [0.5, 0.6) is 0 Å². The molecule has 2 N–H and O–H groups in total. The molecule has 2 atom stereocenters. The van der Waals surface area contributed by atoms with Crippen molar-refractivity contribution < 1.29 is 4.74 Å². The van der Waals surface area contributed by atoms with Crippen LogP contribution in [0.25, 0.3) is 11.2 Å². The number of ether oxygens (including phenoxy) is 1. The van der Waals surface area contributed by atoms with E-state index in [9.17, 15) is 0 Å². The van der Waals surface area contributed by atoms with E-state index in [1.807, 2.05) is 22.8 Å². The van der Waals surface area contributed by atoms with E-state index in [0.717, 1.165) is 23.1 Å². The summed E-state index contributed by atoms with van der Waals surface area (Å²) in [6.07, 6.45) is 7.00. The van der Waals surface area contributed by atoms with E-state index in [-0.39, 0.29) is 23.1 Å². The highest BCUT2D eigenvalue weighted by Gasteiger charge is 2.38. The largest absolute Gasteiger partial charge is 0.368 e. The Kier molecular flexibility index (Phi) is 6.20. The van der Waals surface area contributed by atoms with Gasteiger partial charge in [-0.05, 0) is 23.1 Å². The molecule has 6 rings (SSSR count). The first kappa shape index (κ1) is 23.4. The Labute approximate surface area is 220 Å². The Balaban J connectivity index is 1.32.